The van der Waals surface area contributed by atoms with Gasteiger partial charge >= 0.3 is 0 Å². The van der Waals surface area contributed by atoms with Crippen molar-refractivity contribution >= 4 is 33.3 Å². The molecule has 110 valence electrons. The van der Waals surface area contributed by atoms with Gasteiger partial charge in [-0.15, -0.1) is 0 Å². The summed E-state index contributed by atoms with van der Waals surface area (Å²) in [5, 5.41) is 16.1. The molecule has 0 aliphatic rings. The molecule has 9 heteroatoms. The topological polar surface area (TPSA) is 106 Å². The fourth-order valence-electron chi connectivity index (χ4n) is 1.33. The number of amides is 1. The maximum Gasteiger partial charge on any atom is 0.288 e. The van der Waals surface area contributed by atoms with E-state index in [4.69, 9.17) is 4.74 Å². The number of methoxy groups -OCH3 is 1. The molecule has 1 aromatic heterocycles. The quantitative estimate of drug-likeness (QED) is 0.438. The van der Waals surface area contributed by atoms with E-state index >= 15 is 0 Å². The Hall–Kier alpha value is -1.74. The minimum absolute atomic E-state index is 0.125. The van der Waals surface area contributed by atoms with Gasteiger partial charge in [-0.1, -0.05) is 0 Å². The van der Waals surface area contributed by atoms with E-state index < -0.39 is 11.0 Å². The van der Waals surface area contributed by atoms with E-state index in [0.29, 0.717) is 23.4 Å². The van der Waals surface area contributed by atoms with E-state index in [1.165, 1.54) is 6.07 Å². The van der Waals surface area contributed by atoms with Crippen molar-refractivity contribution in [2.45, 2.75) is 13.0 Å². The van der Waals surface area contributed by atoms with Crippen LogP contribution in [0.15, 0.2) is 16.7 Å². The first-order chi connectivity index (χ1) is 9.45. The first-order valence-electron chi connectivity index (χ1n) is 5.78. The molecule has 1 heterocycles. The number of hydrogen-bond acceptors (Lipinski definition) is 6. The molecule has 1 atom stereocenters. The predicted molar refractivity (Wildman–Crippen MR) is 76.6 cm³/mol. The lowest BCUT2D eigenvalue weighted by molar-refractivity contribution is -0.385. The number of nitrogens with zero attached hydrogens (tertiary/aromatic N) is 2. The van der Waals surface area contributed by atoms with E-state index in [9.17, 15) is 14.9 Å². The summed E-state index contributed by atoms with van der Waals surface area (Å²) in [6.07, 6.45) is 1.13. The van der Waals surface area contributed by atoms with Gasteiger partial charge in [-0.25, -0.2) is 4.98 Å². The molecule has 1 aromatic rings. The average molecular weight is 347 g/mol. The molecular weight excluding hydrogens is 332 g/mol. The highest BCUT2D eigenvalue weighted by molar-refractivity contribution is 9.10. The minimum Gasteiger partial charge on any atom is -0.383 e. The van der Waals surface area contributed by atoms with Crippen molar-refractivity contribution < 1.29 is 14.5 Å². The van der Waals surface area contributed by atoms with Crippen LogP contribution in [0, 0.1) is 10.1 Å². The monoisotopic (exact) mass is 346 g/mol. The zero-order valence-electron chi connectivity index (χ0n) is 11.1. The molecule has 0 bridgehead atoms. The first-order valence-corrected chi connectivity index (χ1v) is 6.58. The molecule has 0 fully saturated rings. The van der Waals surface area contributed by atoms with Crippen molar-refractivity contribution in [1.82, 2.24) is 10.3 Å². The number of carbonyl (C=O) groups excluding carboxylic acids is 1. The number of halogens is 1. The van der Waals surface area contributed by atoms with Crippen molar-refractivity contribution in [3.8, 4) is 0 Å². The molecule has 0 aromatic carbocycles. The third-order valence-corrected chi connectivity index (χ3v) is 2.99. The highest BCUT2D eigenvalue weighted by atomic mass is 79.9. The van der Waals surface area contributed by atoms with E-state index in [-0.39, 0.29) is 11.6 Å². The number of hydrogen-bond donors (Lipinski definition) is 2. The van der Waals surface area contributed by atoms with Crippen molar-refractivity contribution in [2.24, 2.45) is 0 Å². The summed E-state index contributed by atoms with van der Waals surface area (Å²) in [5.41, 5.74) is -0.125. The lowest BCUT2D eigenvalue weighted by Crippen LogP contribution is -2.39. The smallest absolute Gasteiger partial charge is 0.288 e. The van der Waals surface area contributed by atoms with Gasteiger partial charge in [-0.05, 0) is 22.9 Å². The summed E-state index contributed by atoms with van der Waals surface area (Å²) in [7, 11) is 1.55. The zero-order chi connectivity index (χ0) is 15.1. The Bertz CT molecular complexity index is 497. The number of rotatable bonds is 7. The lowest BCUT2D eigenvalue weighted by atomic mass is 10.3. The Morgan fingerprint density at radius 2 is 2.35 bits per heavy atom. The molecule has 20 heavy (non-hydrogen) atoms. The van der Waals surface area contributed by atoms with Crippen LogP contribution in [0.5, 0.6) is 0 Å². The number of ether oxygens (including phenoxy) is 1. The second-order valence-corrected chi connectivity index (χ2v) is 4.79. The van der Waals surface area contributed by atoms with E-state index in [0.717, 1.165) is 6.20 Å². The third-order valence-electron chi connectivity index (χ3n) is 2.39. The molecule has 0 radical (unpaired) electrons. The Balaban J connectivity index is 2.63. The van der Waals surface area contributed by atoms with Gasteiger partial charge in [-0.3, -0.25) is 14.9 Å². The van der Waals surface area contributed by atoms with Crippen LogP contribution in [0.1, 0.15) is 6.92 Å². The number of pyridine rings is 1. The Labute approximate surface area is 124 Å². The number of nitrogens with one attached hydrogen (secondary N) is 2. The van der Waals surface area contributed by atoms with Crippen LogP contribution in [-0.2, 0) is 9.53 Å². The molecule has 0 aliphatic heterocycles. The van der Waals surface area contributed by atoms with Crippen molar-refractivity contribution in [3.05, 3.63) is 26.9 Å². The molecule has 8 nitrogen and oxygen atoms in total. The lowest BCUT2D eigenvalue weighted by Gasteiger charge is -2.15. The van der Waals surface area contributed by atoms with Gasteiger partial charge in [0.2, 0.25) is 5.91 Å². The van der Waals surface area contributed by atoms with Crippen LogP contribution >= 0.6 is 15.9 Å². The Kier molecular flexibility index (Phi) is 6.32. The van der Waals surface area contributed by atoms with Crippen LogP contribution < -0.4 is 10.6 Å². The largest absolute Gasteiger partial charge is 0.383 e. The van der Waals surface area contributed by atoms with Gasteiger partial charge < -0.3 is 15.4 Å². The predicted octanol–water partition coefficient (Wildman–Crippen LogP) is 1.32. The molecule has 2 N–H and O–H groups in total. The zero-order valence-corrected chi connectivity index (χ0v) is 12.6. The molecule has 1 amide bonds. The number of carbonyl (C=O) groups is 1. The van der Waals surface area contributed by atoms with Gasteiger partial charge in [0.1, 0.15) is 18.1 Å². The van der Waals surface area contributed by atoms with E-state index in [1.807, 2.05) is 0 Å². The van der Waals surface area contributed by atoms with Gasteiger partial charge in [-0.2, -0.15) is 0 Å². The van der Waals surface area contributed by atoms with Gasteiger partial charge in [0.25, 0.3) is 5.69 Å². The molecule has 0 saturated heterocycles. The molecule has 1 rings (SSSR count). The van der Waals surface area contributed by atoms with Crippen LogP contribution in [0.2, 0.25) is 0 Å². The first kappa shape index (κ1) is 16.3. The molecule has 1 unspecified atom stereocenters. The van der Waals surface area contributed by atoms with Crippen LogP contribution in [-0.4, -0.2) is 42.1 Å². The summed E-state index contributed by atoms with van der Waals surface area (Å²) < 4.78 is 5.25. The van der Waals surface area contributed by atoms with E-state index in [1.54, 1.807) is 14.0 Å². The molecule has 0 aliphatic carbocycles. The SMILES string of the molecule is COCCNC(=O)C(C)Nc1ncc([N+](=O)[O-])cc1Br. The van der Waals surface area contributed by atoms with Gasteiger partial charge in [0.15, 0.2) is 0 Å². The average Bonchev–Trinajstić information content (AvgIpc) is 2.40. The van der Waals surface area contributed by atoms with Gasteiger partial charge in [0, 0.05) is 19.7 Å². The van der Waals surface area contributed by atoms with Crippen molar-refractivity contribution in [3.63, 3.8) is 0 Å². The molecule has 0 spiro atoms. The maximum atomic E-state index is 11.7. The third kappa shape index (κ3) is 4.74. The standard InChI is InChI=1S/C11H15BrN4O4/c1-7(11(17)13-3-4-20-2)15-10-9(12)5-8(6-14-10)16(18)19/h5-7H,3-4H2,1-2H3,(H,13,17)(H,14,15). The minimum atomic E-state index is -0.539. The summed E-state index contributed by atoms with van der Waals surface area (Å²) in [4.78, 5) is 25.7. The second kappa shape index (κ2) is 7.75. The van der Waals surface area contributed by atoms with Gasteiger partial charge in [0.05, 0.1) is 16.0 Å². The van der Waals surface area contributed by atoms with Crippen LogP contribution in [0.25, 0.3) is 0 Å². The van der Waals surface area contributed by atoms with E-state index in [2.05, 4.69) is 31.5 Å². The number of anilines is 1. The highest BCUT2D eigenvalue weighted by Crippen LogP contribution is 2.24. The Morgan fingerprint density at radius 3 is 2.90 bits per heavy atom. The number of aromatic nitrogens is 1. The number of nitro groups is 1. The summed E-state index contributed by atoms with van der Waals surface area (Å²) in [6.45, 7) is 2.51. The molecular formula is C11H15BrN4O4. The summed E-state index contributed by atoms with van der Waals surface area (Å²) in [6, 6.07) is 0.794. The Morgan fingerprint density at radius 1 is 1.65 bits per heavy atom. The van der Waals surface area contributed by atoms with Crippen LogP contribution in [0.3, 0.4) is 0 Å². The van der Waals surface area contributed by atoms with Crippen LogP contribution in [0.4, 0.5) is 11.5 Å². The maximum absolute atomic E-state index is 11.7. The highest BCUT2D eigenvalue weighted by Gasteiger charge is 2.16. The summed E-state index contributed by atoms with van der Waals surface area (Å²) >= 11 is 3.18. The fraction of sp³-hybridized carbons (Fsp3) is 0.455. The fourth-order valence-corrected chi connectivity index (χ4v) is 1.79. The summed E-state index contributed by atoms with van der Waals surface area (Å²) in [5.74, 6) is 0.152. The second-order valence-electron chi connectivity index (χ2n) is 3.93. The molecule has 0 saturated carbocycles. The normalized spacial score (nSPS) is 11.8. The van der Waals surface area contributed by atoms with Crippen molar-refractivity contribution in [1.29, 1.82) is 0 Å². The van der Waals surface area contributed by atoms with Crippen molar-refractivity contribution in [2.75, 3.05) is 25.6 Å².